The zero-order valence-electron chi connectivity index (χ0n) is 22.8. The van der Waals surface area contributed by atoms with Crippen LogP contribution in [0.2, 0.25) is 0 Å². The summed E-state index contributed by atoms with van der Waals surface area (Å²) in [6.07, 6.45) is 0. The monoisotopic (exact) mass is 553 g/mol. The van der Waals surface area contributed by atoms with Crippen molar-refractivity contribution in [3.8, 4) is 11.4 Å². The average Bonchev–Trinajstić information content (AvgIpc) is 3.68. The molecule has 0 fully saturated rings. The summed E-state index contributed by atoms with van der Waals surface area (Å²) in [5.74, 6) is 0. The Bertz CT molecular complexity index is 2600. The van der Waals surface area contributed by atoms with Gasteiger partial charge in [0.05, 0.1) is 33.5 Å². The summed E-state index contributed by atoms with van der Waals surface area (Å²) in [6.45, 7) is 9.79. The maximum absolute atomic E-state index is 7.63. The zero-order valence-corrected chi connectivity index (χ0v) is 23.6. The van der Waals surface area contributed by atoms with Crippen LogP contribution in [0.15, 0.2) is 121 Å². The lowest BCUT2D eigenvalue weighted by molar-refractivity contribution is 1.17. The third-order valence-electron chi connectivity index (χ3n) is 8.57. The first-order valence-electron chi connectivity index (χ1n) is 14.1. The summed E-state index contributed by atoms with van der Waals surface area (Å²) in [7, 11) is 0. The predicted octanol–water partition coefficient (Wildman–Crippen LogP) is 11.1. The molecule has 0 aliphatic rings. The smallest absolute Gasteiger partial charge is 0.189 e. The zero-order chi connectivity index (χ0) is 27.9. The number of hydrogen-bond acceptors (Lipinski definition) is 1. The fraction of sp³-hybridized carbons (Fsp3) is 0.0263. The molecule has 4 heteroatoms. The molecule has 0 saturated carbocycles. The molecule has 9 rings (SSSR count). The molecule has 196 valence electrons. The Kier molecular flexibility index (Phi) is 4.76. The van der Waals surface area contributed by atoms with Crippen molar-refractivity contribution in [2.75, 3.05) is 0 Å². The average molecular weight is 554 g/mol. The first kappa shape index (κ1) is 23.3. The molecule has 0 amide bonds. The van der Waals surface area contributed by atoms with Crippen LogP contribution in [-0.2, 0) is 0 Å². The lowest BCUT2D eigenvalue weighted by Gasteiger charge is -2.11. The number of nitrogens with zero attached hydrogens (tertiary/aromatic N) is 3. The summed E-state index contributed by atoms with van der Waals surface area (Å²) < 4.78 is 7.36. The number of aromatic nitrogens is 2. The molecule has 0 bridgehead atoms. The van der Waals surface area contributed by atoms with Crippen molar-refractivity contribution < 1.29 is 0 Å². The summed E-state index contributed by atoms with van der Waals surface area (Å²) in [6, 6.07) is 43.5. The lowest BCUT2D eigenvalue weighted by atomic mass is 10.1. The summed E-state index contributed by atoms with van der Waals surface area (Å²) in [4.78, 5) is 3.73. The minimum Gasteiger partial charge on any atom is -0.310 e. The summed E-state index contributed by atoms with van der Waals surface area (Å²) in [5, 5.41) is 7.42. The molecule has 3 nitrogen and oxygen atoms in total. The summed E-state index contributed by atoms with van der Waals surface area (Å²) >= 11 is 1.87. The molecule has 0 aliphatic heterocycles. The maximum Gasteiger partial charge on any atom is 0.189 e. The number of thiophene rings is 1. The van der Waals surface area contributed by atoms with E-state index in [1.54, 1.807) is 0 Å². The molecule has 6 aromatic carbocycles. The molecule has 0 saturated heterocycles. The number of benzene rings is 6. The van der Waals surface area contributed by atoms with Crippen LogP contribution < -0.4 is 0 Å². The van der Waals surface area contributed by atoms with Crippen LogP contribution in [0.25, 0.3) is 80.0 Å². The van der Waals surface area contributed by atoms with Crippen LogP contribution in [0.5, 0.6) is 0 Å². The van der Waals surface area contributed by atoms with Crippen LogP contribution >= 0.6 is 11.3 Å². The van der Waals surface area contributed by atoms with Gasteiger partial charge in [-0.05, 0) is 61.5 Å². The van der Waals surface area contributed by atoms with E-state index in [0.717, 1.165) is 22.1 Å². The second-order valence-corrected chi connectivity index (χ2v) is 12.0. The third kappa shape index (κ3) is 3.14. The van der Waals surface area contributed by atoms with Crippen molar-refractivity contribution in [3.05, 3.63) is 138 Å². The van der Waals surface area contributed by atoms with Gasteiger partial charge in [-0.1, -0.05) is 72.3 Å². The summed E-state index contributed by atoms with van der Waals surface area (Å²) in [5.41, 5.74) is 8.81. The standard InChI is InChI=1S/C38H23N3S/c1-23-14-19-37-31(20-23)29-10-7-13-35(38(29)42-37)41-33-12-6-4-9-27(33)30-22-25(16-18-34(30)41)40-32-11-5-3-8-26(32)28-17-15-24(39-2)21-36(28)40/h3-22H,1H3. The van der Waals surface area contributed by atoms with Gasteiger partial charge in [-0.2, -0.15) is 0 Å². The van der Waals surface area contributed by atoms with Gasteiger partial charge in [0.1, 0.15) is 0 Å². The van der Waals surface area contributed by atoms with Crippen LogP contribution in [0.1, 0.15) is 5.56 Å². The van der Waals surface area contributed by atoms with E-state index < -0.39 is 0 Å². The molecular formula is C38H23N3S. The highest BCUT2D eigenvalue weighted by atomic mass is 32.1. The third-order valence-corrected chi connectivity index (χ3v) is 9.78. The Labute approximate surface area is 245 Å². The van der Waals surface area contributed by atoms with Gasteiger partial charge < -0.3 is 9.13 Å². The van der Waals surface area contributed by atoms with Crippen molar-refractivity contribution in [2.45, 2.75) is 6.92 Å². The van der Waals surface area contributed by atoms with Crippen molar-refractivity contribution in [2.24, 2.45) is 0 Å². The van der Waals surface area contributed by atoms with Gasteiger partial charge in [-0.25, -0.2) is 4.85 Å². The Morgan fingerprint density at radius 2 is 1.26 bits per heavy atom. The number of para-hydroxylation sites is 2. The van der Waals surface area contributed by atoms with Gasteiger partial charge in [0.15, 0.2) is 5.69 Å². The van der Waals surface area contributed by atoms with E-state index in [-0.39, 0.29) is 0 Å². The molecule has 0 atom stereocenters. The van der Waals surface area contributed by atoms with Crippen molar-refractivity contribution in [3.63, 3.8) is 0 Å². The highest BCUT2D eigenvalue weighted by Crippen LogP contribution is 2.42. The Morgan fingerprint density at radius 3 is 2.10 bits per heavy atom. The lowest BCUT2D eigenvalue weighted by Crippen LogP contribution is -1.96. The minimum absolute atomic E-state index is 0.649. The molecule has 3 heterocycles. The highest BCUT2D eigenvalue weighted by molar-refractivity contribution is 7.26. The first-order chi connectivity index (χ1) is 20.7. The second kappa shape index (κ2) is 8.57. The molecule has 3 aromatic heterocycles. The van der Waals surface area contributed by atoms with E-state index in [0.29, 0.717) is 5.69 Å². The predicted molar refractivity (Wildman–Crippen MR) is 179 cm³/mol. The molecule has 0 aliphatic carbocycles. The molecule has 0 unspecified atom stereocenters. The number of hydrogen-bond donors (Lipinski definition) is 0. The van der Waals surface area contributed by atoms with E-state index in [1.165, 1.54) is 58.6 Å². The second-order valence-electron chi connectivity index (χ2n) is 11.0. The van der Waals surface area contributed by atoms with Gasteiger partial charge in [0.2, 0.25) is 0 Å². The Morgan fingerprint density at radius 1 is 0.548 bits per heavy atom. The quantitative estimate of drug-likeness (QED) is 0.189. The van der Waals surface area contributed by atoms with Gasteiger partial charge >= 0.3 is 0 Å². The van der Waals surface area contributed by atoms with Crippen LogP contribution in [0, 0.1) is 13.5 Å². The van der Waals surface area contributed by atoms with Crippen molar-refractivity contribution in [1.82, 2.24) is 9.13 Å². The number of aryl methyl sites for hydroxylation is 1. The Hall–Kier alpha value is -5.37. The van der Waals surface area contributed by atoms with E-state index in [9.17, 15) is 0 Å². The van der Waals surface area contributed by atoms with Crippen LogP contribution in [-0.4, -0.2) is 9.13 Å². The normalized spacial score (nSPS) is 11.9. The molecular weight excluding hydrogens is 531 g/mol. The fourth-order valence-corrected chi connectivity index (χ4v) is 7.93. The van der Waals surface area contributed by atoms with Gasteiger partial charge in [0.25, 0.3) is 0 Å². The molecule has 42 heavy (non-hydrogen) atoms. The number of rotatable bonds is 2. The van der Waals surface area contributed by atoms with E-state index >= 15 is 0 Å². The number of fused-ring (bicyclic) bond motifs is 9. The first-order valence-corrected chi connectivity index (χ1v) is 14.9. The Balaban J connectivity index is 1.36. The van der Waals surface area contributed by atoms with Gasteiger partial charge in [-0.15, -0.1) is 11.3 Å². The van der Waals surface area contributed by atoms with Crippen LogP contribution in [0.3, 0.4) is 0 Å². The highest BCUT2D eigenvalue weighted by Gasteiger charge is 2.18. The van der Waals surface area contributed by atoms with E-state index in [1.807, 2.05) is 23.5 Å². The largest absolute Gasteiger partial charge is 0.310 e. The van der Waals surface area contributed by atoms with Gasteiger partial charge in [-0.3, -0.25) is 0 Å². The topological polar surface area (TPSA) is 14.2 Å². The van der Waals surface area contributed by atoms with E-state index in [2.05, 4.69) is 130 Å². The minimum atomic E-state index is 0.649. The fourth-order valence-electron chi connectivity index (χ4n) is 6.74. The maximum atomic E-state index is 7.63. The SMILES string of the molecule is [C-]#[N+]c1ccc2c3ccccc3n(-c3ccc4c(c3)c3ccccc3n4-c3cccc4c3sc3ccc(C)cc34)c2c1. The van der Waals surface area contributed by atoms with Crippen molar-refractivity contribution in [1.29, 1.82) is 0 Å². The van der Waals surface area contributed by atoms with Gasteiger partial charge in [0, 0.05) is 48.2 Å². The van der Waals surface area contributed by atoms with Crippen molar-refractivity contribution >= 4 is 80.8 Å². The molecule has 0 N–H and O–H groups in total. The molecule has 9 aromatic rings. The van der Waals surface area contributed by atoms with Crippen LogP contribution in [0.4, 0.5) is 5.69 Å². The van der Waals surface area contributed by atoms with E-state index in [4.69, 9.17) is 6.57 Å². The molecule has 0 spiro atoms. The molecule has 0 radical (unpaired) electrons.